The average molecular weight is 858 g/mol. The molecule has 0 aliphatic carbocycles. The summed E-state index contributed by atoms with van der Waals surface area (Å²) >= 11 is 1.11. The first kappa shape index (κ1) is 49.8. The van der Waals surface area contributed by atoms with E-state index < -0.39 is 59.9 Å². The summed E-state index contributed by atoms with van der Waals surface area (Å²) in [5, 5.41) is 17.5. The maximum Gasteiger partial charge on any atom is 0.307 e. The Kier molecular flexibility index (Phi) is 19.9. The molecule has 0 saturated carbocycles. The SMILES string of the molecule is CC[C@H](C)[C@H](NC(=O)[C@H]1CCCCN1C)C(=O)N(COC(=O)CC(C)C)C(C[C@@H](OC(C)=O)c1nc(C(=O)N[C@@H](Cc2ccc(OC)cc2)C[C@H](C)C(=O)O)cs1)C(C)C. The van der Waals surface area contributed by atoms with Crippen LogP contribution in [0.3, 0.4) is 0 Å². The molecule has 15 nitrogen and oxygen atoms in total. The monoisotopic (exact) mass is 857 g/mol. The molecule has 2 heterocycles. The topological polar surface area (TPSA) is 194 Å². The summed E-state index contributed by atoms with van der Waals surface area (Å²) in [6, 6.07) is 4.76. The minimum absolute atomic E-state index is 0.0186. The van der Waals surface area contributed by atoms with Crippen LogP contribution in [0.15, 0.2) is 29.6 Å². The largest absolute Gasteiger partial charge is 0.497 e. The van der Waals surface area contributed by atoms with Crippen LogP contribution in [-0.2, 0) is 39.9 Å². The van der Waals surface area contributed by atoms with Crippen LogP contribution in [-0.4, -0.2) is 107 Å². The van der Waals surface area contributed by atoms with Crippen LogP contribution in [0.2, 0.25) is 0 Å². The molecule has 1 aliphatic rings. The van der Waals surface area contributed by atoms with Crippen LogP contribution >= 0.6 is 11.3 Å². The number of likely N-dealkylation sites (tertiary alicyclic amines) is 1. The number of hydrogen-bond acceptors (Lipinski definition) is 12. The van der Waals surface area contributed by atoms with E-state index in [-0.39, 0.29) is 61.4 Å². The summed E-state index contributed by atoms with van der Waals surface area (Å²) in [5.74, 6) is -3.83. The molecule has 7 atom stereocenters. The van der Waals surface area contributed by atoms with Gasteiger partial charge in [-0.2, -0.15) is 0 Å². The fraction of sp³-hybridized carbons (Fsp3) is 0.659. The van der Waals surface area contributed by atoms with Crippen molar-refractivity contribution in [3.63, 3.8) is 0 Å². The zero-order chi connectivity index (χ0) is 44.7. The van der Waals surface area contributed by atoms with Crippen molar-refractivity contribution < 1.29 is 48.1 Å². The number of nitrogens with one attached hydrogen (secondary N) is 2. The van der Waals surface area contributed by atoms with Gasteiger partial charge in [0.2, 0.25) is 11.8 Å². The molecule has 2 aromatic rings. The van der Waals surface area contributed by atoms with E-state index in [1.807, 2.05) is 65.6 Å². The molecule has 3 amide bonds. The number of ether oxygens (including phenoxy) is 3. The quantitative estimate of drug-likeness (QED) is 0.0872. The van der Waals surface area contributed by atoms with E-state index in [2.05, 4.69) is 15.6 Å². The van der Waals surface area contributed by atoms with Crippen LogP contribution < -0.4 is 15.4 Å². The van der Waals surface area contributed by atoms with Gasteiger partial charge in [-0.25, -0.2) is 4.98 Å². The Morgan fingerprint density at radius 2 is 1.68 bits per heavy atom. The Hall–Kier alpha value is -4.57. The Morgan fingerprint density at radius 1 is 1.00 bits per heavy atom. The molecule has 1 fully saturated rings. The maximum absolute atomic E-state index is 14.8. The molecular weight excluding hydrogens is 791 g/mol. The van der Waals surface area contributed by atoms with Crippen molar-refractivity contribution in [1.82, 2.24) is 25.4 Å². The number of benzene rings is 1. The molecule has 334 valence electrons. The van der Waals surface area contributed by atoms with E-state index in [0.29, 0.717) is 30.0 Å². The lowest BCUT2D eigenvalue weighted by molar-refractivity contribution is -0.161. The van der Waals surface area contributed by atoms with Crippen molar-refractivity contribution >= 4 is 47.0 Å². The third-order valence-corrected chi connectivity index (χ3v) is 12.0. The van der Waals surface area contributed by atoms with Crippen molar-refractivity contribution in [1.29, 1.82) is 0 Å². The normalized spacial score (nSPS) is 17.4. The molecule has 1 saturated heterocycles. The van der Waals surface area contributed by atoms with Gasteiger partial charge in [-0.05, 0) is 74.7 Å². The van der Waals surface area contributed by atoms with Gasteiger partial charge in [0, 0.05) is 37.2 Å². The van der Waals surface area contributed by atoms with Gasteiger partial charge in [0.25, 0.3) is 5.91 Å². The van der Waals surface area contributed by atoms with Crippen LogP contribution in [0.5, 0.6) is 5.75 Å². The fourth-order valence-corrected chi connectivity index (χ4v) is 8.16. The molecule has 1 aromatic heterocycles. The number of piperidine rings is 1. The minimum Gasteiger partial charge on any atom is -0.497 e. The zero-order valence-electron chi connectivity index (χ0n) is 37.0. The van der Waals surface area contributed by atoms with Crippen molar-refractivity contribution in [2.45, 2.75) is 137 Å². The number of hydrogen-bond donors (Lipinski definition) is 3. The predicted octanol–water partition coefficient (Wildman–Crippen LogP) is 6.01. The summed E-state index contributed by atoms with van der Waals surface area (Å²) in [4.78, 5) is 87.7. The Balaban J connectivity index is 1.96. The first-order valence-corrected chi connectivity index (χ1v) is 22.0. The highest BCUT2D eigenvalue weighted by atomic mass is 32.1. The van der Waals surface area contributed by atoms with Crippen molar-refractivity contribution in [2.24, 2.45) is 23.7 Å². The summed E-state index contributed by atoms with van der Waals surface area (Å²) in [6.45, 7) is 14.7. The molecule has 3 rings (SSSR count). The molecule has 1 unspecified atom stereocenters. The van der Waals surface area contributed by atoms with E-state index in [0.717, 1.165) is 36.3 Å². The van der Waals surface area contributed by atoms with Crippen LogP contribution in [0.1, 0.15) is 127 Å². The van der Waals surface area contributed by atoms with E-state index in [1.165, 1.54) is 11.8 Å². The van der Waals surface area contributed by atoms with Gasteiger partial charge in [-0.15, -0.1) is 11.3 Å². The third kappa shape index (κ3) is 15.2. The lowest BCUT2D eigenvalue weighted by Gasteiger charge is -2.39. The Morgan fingerprint density at radius 3 is 2.25 bits per heavy atom. The number of likely N-dealkylation sites (N-methyl/N-ethyl adjacent to an activating group) is 1. The molecule has 1 aromatic carbocycles. The Labute approximate surface area is 359 Å². The standard InChI is InChI=1S/C44H67N5O10S/c1-11-28(6)39(47-41(53)35-14-12-13-19-48(35)9)43(54)49(25-58-38(51)20-26(2)3)36(27(4)5)23-37(59-30(8)50)42-46-34(24-60-42)40(52)45-32(21-29(7)44(55)56)22-31-15-17-33(57-10)18-16-31/h15-18,24,26-29,32,35-37,39H,11-14,19-23,25H2,1-10H3,(H,45,52)(H,47,53)(H,55,56)/t28-,29-,32+,35+,36?,37+,39-/m0/s1. The highest BCUT2D eigenvalue weighted by molar-refractivity contribution is 7.09. The summed E-state index contributed by atoms with van der Waals surface area (Å²) in [7, 11) is 3.47. The second-order valence-electron chi connectivity index (χ2n) is 16.8. The average Bonchev–Trinajstić information content (AvgIpc) is 3.69. The molecule has 0 bridgehead atoms. The predicted molar refractivity (Wildman–Crippen MR) is 228 cm³/mol. The van der Waals surface area contributed by atoms with Gasteiger partial charge in [0.05, 0.1) is 19.1 Å². The third-order valence-electron chi connectivity index (χ3n) is 11.1. The number of nitrogens with zero attached hydrogens (tertiary/aromatic N) is 3. The van der Waals surface area contributed by atoms with Crippen LogP contribution in [0, 0.1) is 23.7 Å². The number of esters is 2. The van der Waals surface area contributed by atoms with Crippen molar-refractivity contribution in [2.75, 3.05) is 27.4 Å². The fourth-order valence-electron chi connectivity index (χ4n) is 7.32. The van der Waals surface area contributed by atoms with Gasteiger partial charge in [-0.1, -0.05) is 73.4 Å². The molecule has 16 heteroatoms. The minimum atomic E-state index is -1.00. The molecule has 0 radical (unpaired) electrons. The first-order valence-electron chi connectivity index (χ1n) is 21.1. The molecule has 60 heavy (non-hydrogen) atoms. The molecule has 0 spiro atoms. The second-order valence-corrected chi connectivity index (χ2v) is 17.7. The van der Waals surface area contributed by atoms with E-state index in [4.69, 9.17) is 14.2 Å². The summed E-state index contributed by atoms with van der Waals surface area (Å²) < 4.78 is 16.8. The van der Waals surface area contributed by atoms with Gasteiger partial charge in [0.15, 0.2) is 12.8 Å². The van der Waals surface area contributed by atoms with Crippen LogP contribution in [0.4, 0.5) is 0 Å². The summed E-state index contributed by atoms with van der Waals surface area (Å²) in [5.41, 5.74) is 0.927. The van der Waals surface area contributed by atoms with Crippen LogP contribution in [0.25, 0.3) is 0 Å². The molecule has 3 N–H and O–H groups in total. The van der Waals surface area contributed by atoms with E-state index in [9.17, 15) is 33.9 Å². The van der Waals surface area contributed by atoms with Gasteiger partial charge in [-0.3, -0.25) is 33.7 Å². The molecular formula is C44H67N5O10S. The number of carbonyl (C=O) groups is 6. The van der Waals surface area contributed by atoms with Gasteiger partial charge >= 0.3 is 17.9 Å². The number of rotatable bonds is 23. The van der Waals surface area contributed by atoms with Crippen molar-refractivity contribution in [3.8, 4) is 5.75 Å². The second kappa shape index (κ2) is 24.0. The lowest BCUT2D eigenvalue weighted by atomic mass is 9.92. The Bertz CT molecular complexity index is 1730. The van der Waals surface area contributed by atoms with Crippen molar-refractivity contribution in [3.05, 3.63) is 45.9 Å². The number of carboxylic acids is 1. The summed E-state index contributed by atoms with van der Waals surface area (Å²) in [6.07, 6.45) is 2.87. The highest BCUT2D eigenvalue weighted by Gasteiger charge is 2.39. The lowest BCUT2D eigenvalue weighted by Crippen LogP contribution is -2.59. The highest BCUT2D eigenvalue weighted by Crippen LogP contribution is 2.32. The number of amides is 3. The smallest absolute Gasteiger partial charge is 0.307 e. The first-order chi connectivity index (χ1) is 28.3. The number of methoxy groups -OCH3 is 1. The maximum atomic E-state index is 14.8. The number of thiazole rings is 1. The van der Waals surface area contributed by atoms with E-state index >= 15 is 0 Å². The molecule has 1 aliphatic heterocycles. The van der Waals surface area contributed by atoms with Gasteiger partial charge < -0.3 is 34.9 Å². The number of carbonyl (C=O) groups excluding carboxylic acids is 5. The zero-order valence-corrected chi connectivity index (χ0v) is 37.8. The number of aromatic nitrogens is 1. The number of carboxylic acid groups (broad SMARTS) is 1. The number of aliphatic carboxylic acids is 1. The van der Waals surface area contributed by atoms with E-state index in [1.54, 1.807) is 31.5 Å². The van der Waals surface area contributed by atoms with Gasteiger partial charge in [0.1, 0.15) is 22.5 Å².